The second kappa shape index (κ2) is 5.50. The Morgan fingerprint density at radius 1 is 1.69 bits per heavy atom. The molecule has 0 radical (unpaired) electrons. The van der Waals surface area contributed by atoms with Gasteiger partial charge in [-0.2, -0.15) is 11.8 Å². The van der Waals surface area contributed by atoms with Crippen molar-refractivity contribution in [1.29, 1.82) is 0 Å². The number of carbonyl (C=O) groups is 1. The maximum atomic E-state index is 11.6. The quantitative estimate of drug-likeness (QED) is 0.676. The molecule has 1 saturated heterocycles. The molecule has 0 aromatic rings. The number of rotatable bonds is 4. The van der Waals surface area contributed by atoms with Crippen LogP contribution < -0.4 is 5.32 Å². The van der Waals surface area contributed by atoms with Crippen molar-refractivity contribution in [3.63, 3.8) is 0 Å². The summed E-state index contributed by atoms with van der Waals surface area (Å²) in [5, 5.41) is 3.16. The standard InChI is InChI=1S/C9H18N2OS/c1-8-9(12)11(6-4-10-8)5-3-7-13-2/h8,10H,3-7H2,1-2H3. The van der Waals surface area contributed by atoms with E-state index in [1.165, 1.54) is 0 Å². The number of nitrogens with zero attached hydrogens (tertiary/aromatic N) is 1. The van der Waals surface area contributed by atoms with E-state index in [0.29, 0.717) is 0 Å². The van der Waals surface area contributed by atoms with E-state index >= 15 is 0 Å². The molecule has 13 heavy (non-hydrogen) atoms. The van der Waals surface area contributed by atoms with Gasteiger partial charge < -0.3 is 10.2 Å². The molecule has 0 aromatic heterocycles. The summed E-state index contributed by atoms with van der Waals surface area (Å²) in [6.07, 6.45) is 3.21. The molecule has 1 atom stereocenters. The van der Waals surface area contributed by atoms with Gasteiger partial charge in [0.1, 0.15) is 0 Å². The predicted molar refractivity (Wildman–Crippen MR) is 57.0 cm³/mol. The van der Waals surface area contributed by atoms with Gasteiger partial charge in [-0.05, 0) is 25.4 Å². The third kappa shape index (κ3) is 3.19. The Balaban J connectivity index is 2.27. The maximum Gasteiger partial charge on any atom is 0.239 e. The van der Waals surface area contributed by atoms with E-state index < -0.39 is 0 Å². The zero-order valence-corrected chi connectivity index (χ0v) is 9.19. The minimum Gasteiger partial charge on any atom is -0.340 e. The van der Waals surface area contributed by atoms with E-state index in [1.54, 1.807) is 0 Å². The average molecular weight is 202 g/mol. The third-order valence-electron chi connectivity index (χ3n) is 2.29. The molecule has 76 valence electrons. The summed E-state index contributed by atoms with van der Waals surface area (Å²) < 4.78 is 0. The molecule has 0 aromatic carbocycles. The summed E-state index contributed by atoms with van der Waals surface area (Å²) >= 11 is 1.84. The van der Waals surface area contributed by atoms with Gasteiger partial charge in [-0.15, -0.1) is 0 Å². The maximum absolute atomic E-state index is 11.6. The van der Waals surface area contributed by atoms with Gasteiger partial charge in [0.25, 0.3) is 0 Å². The lowest BCUT2D eigenvalue weighted by molar-refractivity contribution is -0.135. The Morgan fingerprint density at radius 2 is 2.46 bits per heavy atom. The number of carbonyl (C=O) groups excluding carboxylic acids is 1. The van der Waals surface area contributed by atoms with Crippen molar-refractivity contribution in [1.82, 2.24) is 10.2 Å². The molecule has 0 aliphatic carbocycles. The highest BCUT2D eigenvalue weighted by atomic mass is 32.2. The van der Waals surface area contributed by atoms with Gasteiger partial charge in [-0.1, -0.05) is 0 Å². The molecule has 0 saturated carbocycles. The Hall–Kier alpha value is -0.220. The molecule has 1 heterocycles. The third-order valence-corrected chi connectivity index (χ3v) is 2.99. The molecular formula is C9H18N2OS. The first kappa shape index (κ1) is 10.9. The van der Waals surface area contributed by atoms with Crippen LogP contribution in [0, 0.1) is 0 Å². The fourth-order valence-corrected chi connectivity index (χ4v) is 1.93. The molecule has 3 nitrogen and oxygen atoms in total. The highest BCUT2D eigenvalue weighted by Gasteiger charge is 2.23. The van der Waals surface area contributed by atoms with Gasteiger partial charge in [-0.3, -0.25) is 4.79 Å². The van der Waals surface area contributed by atoms with Crippen LogP contribution in [-0.4, -0.2) is 48.5 Å². The van der Waals surface area contributed by atoms with Crippen molar-refractivity contribution in [2.75, 3.05) is 31.6 Å². The molecule has 1 amide bonds. The van der Waals surface area contributed by atoms with E-state index in [9.17, 15) is 4.79 Å². The number of hydrogen-bond donors (Lipinski definition) is 1. The van der Waals surface area contributed by atoms with Crippen LogP contribution >= 0.6 is 11.8 Å². The summed E-state index contributed by atoms with van der Waals surface area (Å²) in [7, 11) is 0. The smallest absolute Gasteiger partial charge is 0.239 e. The van der Waals surface area contributed by atoms with E-state index in [1.807, 2.05) is 23.6 Å². The average Bonchev–Trinajstić information content (AvgIpc) is 2.13. The molecule has 1 aliphatic heterocycles. The van der Waals surface area contributed by atoms with Crippen molar-refractivity contribution < 1.29 is 4.79 Å². The molecular weight excluding hydrogens is 184 g/mol. The fraction of sp³-hybridized carbons (Fsp3) is 0.889. The normalized spacial score (nSPS) is 23.7. The molecule has 1 fully saturated rings. The molecule has 1 aliphatic rings. The Morgan fingerprint density at radius 3 is 3.15 bits per heavy atom. The molecule has 4 heteroatoms. The predicted octanol–water partition coefficient (Wildman–Crippen LogP) is 0.560. The largest absolute Gasteiger partial charge is 0.340 e. The highest BCUT2D eigenvalue weighted by molar-refractivity contribution is 7.98. The topological polar surface area (TPSA) is 32.3 Å². The molecule has 1 N–H and O–H groups in total. The lowest BCUT2D eigenvalue weighted by Gasteiger charge is -2.31. The van der Waals surface area contributed by atoms with E-state index in [-0.39, 0.29) is 11.9 Å². The van der Waals surface area contributed by atoms with E-state index in [4.69, 9.17) is 0 Å². The van der Waals surface area contributed by atoms with Crippen LogP contribution in [0.15, 0.2) is 0 Å². The van der Waals surface area contributed by atoms with Crippen molar-refractivity contribution in [3.05, 3.63) is 0 Å². The number of amides is 1. The first-order chi connectivity index (χ1) is 6.25. The molecule has 1 rings (SSSR count). The van der Waals surface area contributed by atoms with Gasteiger partial charge in [0, 0.05) is 19.6 Å². The van der Waals surface area contributed by atoms with Crippen molar-refractivity contribution in [3.8, 4) is 0 Å². The second-order valence-electron chi connectivity index (χ2n) is 3.35. The van der Waals surface area contributed by atoms with Crippen LogP contribution in [0.1, 0.15) is 13.3 Å². The summed E-state index contributed by atoms with van der Waals surface area (Å²) in [4.78, 5) is 13.5. The van der Waals surface area contributed by atoms with Crippen LogP contribution in [0.25, 0.3) is 0 Å². The van der Waals surface area contributed by atoms with Gasteiger partial charge in [0.2, 0.25) is 5.91 Å². The number of thioether (sulfide) groups is 1. The molecule has 0 bridgehead atoms. The van der Waals surface area contributed by atoms with E-state index in [0.717, 1.165) is 31.8 Å². The zero-order valence-electron chi connectivity index (χ0n) is 8.38. The van der Waals surface area contributed by atoms with Crippen molar-refractivity contribution in [2.24, 2.45) is 0 Å². The van der Waals surface area contributed by atoms with Crippen LogP contribution in [0.3, 0.4) is 0 Å². The van der Waals surface area contributed by atoms with Crippen LogP contribution in [-0.2, 0) is 4.79 Å². The first-order valence-corrected chi connectivity index (χ1v) is 6.16. The first-order valence-electron chi connectivity index (χ1n) is 4.77. The minimum absolute atomic E-state index is 0.0167. The van der Waals surface area contributed by atoms with Crippen molar-refractivity contribution >= 4 is 17.7 Å². The van der Waals surface area contributed by atoms with Gasteiger partial charge in [0.15, 0.2) is 0 Å². The van der Waals surface area contributed by atoms with Gasteiger partial charge in [-0.25, -0.2) is 0 Å². The second-order valence-corrected chi connectivity index (χ2v) is 4.33. The number of hydrogen-bond acceptors (Lipinski definition) is 3. The Bertz CT molecular complexity index is 175. The highest BCUT2D eigenvalue weighted by Crippen LogP contribution is 2.04. The Labute approximate surface area is 84.2 Å². The fourth-order valence-electron chi connectivity index (χ4n) is 1.51. The van der Waals surface area contributed by atoms with E-state index in [2.05, 4.69) is 11.6 Å². The molecule has 1 unspecified atom stereocenters. The number of nitrogens with one attached hydrogen (secondary N) is 1. The lowest BCUT2D eigenvalue weighted by atomic mass is 10.2. The summed E-state index contributed by atoms with van der Waals surface area (Å²) in [5.74, 6) is 1.40. The van der Waals surface area contributed by atoms with Gasteiger partial charge >= 0.3 is 0 Å². The monoisotopic (exact) mass is 202 g/mol. The lowest BCUT2D eigenvalue weighted by Crippen LogP contribution is -2.53. The number of piperazine rings is 1. The van der Waals surface area contributed by atoms with Crippen molar-refractivity contribution in [2.45, 2.75) is 19.4 Å². The SMILES string of the molecule is CSCCCN1CCNC(C)C1=O. The Kier molecular flexibility index (Phi) is 4.59. The van der Waals surface area contributed by atoms with Crippen LogP contribution in [0.2, 0.25) is 0 Å². The van der Waals surface area contributed by atoms with Crippen LogP contribution in [0.4, 0.5) is 0 Å². The zero-order chi connectivity index (χ0) is 9.68. The van der Waals surface area contributed by atoms with Crippen LogP contribution in [0.5, 0.6) is 0 Å². The summed E-state index contributed by atoms with van der Waals surface area (Å²) in [6.45, 7) is 4.67. The minimum atomic E-state index is 0.0167. The van der Waals surface area contributed by atoms with Gasteiger partial charge in [0.05, 0.1) is 6.04 Å². The summed E-state index contributed by atoms with van der Waals surface area (Å²) in [5.41, 5.74) is 0. The summed E-state index contributed by atoms with van der Waals surface area (Å²) in [6, 6.07) is 0.0167. The molecule has 0 spiro atoms.